The summed E-state index contributed by atoms with van der Waals surface area (Å²) in [6.07, 6.45) is 10.1. The smallest absolute Gasteiger partial charge is 0.226 e. The second kappa shape index (κ2) is 6.85. The van der Waals surface area contributed by atoms with Gasteiger partial charge in [0.25, 0.3) is 0 Å². The molecule has 1 unspecified atom stereocenters. The van der Waals surface area contributed by atoms with E-state index in [1.54, 1.807) is 6.20 Å². The van der Waals surface area contributed by atoms with Gasteiger partial charge in [0, 0.05) is 25.3 Å². The van der Waals surface area contributed by atoms with Crippen LogP contribution < -0.4 is 0 Å². The molecule has 1 aromatic rings. The molecule has 0 aromatic carbocycles. The Bertz CT molecular complexity index is 487. The van der Waals surface area contributed by atoms with Crippen molar-refractivity contribution in [1.82, 2.24) is 9.88 Å². The normalized spacial score (nSPS) is 21.8. The molecule has 112 valence electrons. The largest absolute Gasteiger partial charge is 0.376 e. The van der Waals surface area contributed by atoms with Gasteiger partial charge in [0.1, 0.15) is 0 Å². The summed E-state index contributed by atoms with van der Waals surface area (Å²) in [7, 11) is 0. The average Bonchev–Trinajstić information content (AvgIpc) is 3.20. The number of rotatable bonds is 5. The van der Waals surface area contributed by atoms with Crippen LogP contribution in [0.15, 0.2) is 36.5 Å². The summed E-state index contributed by atoms with van der Waals surface area (Å²) in [4.78, 5) is 19.0. The van der Waals surface area contributed by atoms with Crippen molar-refractivity contribution in [3.05, 3.63) is 42.2 Å². The Labute approximate surface area is 125 Å². The van der Waals surface area contributed by atoms with E-state index in [1.807, 2.05) is 23.1 Å². The Morgan fingerprint density at radius 2 is 2.19 bits per heavy atom. The van der Waals surface area contributed by atoms with Crippen molar-refractivity contribution in [3.8, 4) is 0 Å². The molecule has 1 aliphatic heterocycles. The van der Waals surface area contributed by atoms with E-state index in [9.17, 15) is 4.79 Å². The number of carbonyl (C=O) groups excluding carboxylic acids is 1. The van der Waals surface area contributed by atoms with Crippen LogP contribution in [-0.2, 0) is 16.1 Å². The van der Waals surface area contributed by atoms with Gasteiger partial charge in [-0.25, -0.2) is 0 Å². The van der Waals surface area contributed by atoms with Crippen molar-refractivity contribution in [3.63, 3.8) is 0 Å². The molecule has 4 heteroatoms. The summed E-state index contributed by atoms with van der Waals surface area (Å²) < 4.78 is 5.70. The van der Waals surface area contributed by atoms with Gasteiger partial charge in [0.05, 0.1) is 18.3 Å². The second-order valence-electron chi connectivity index (χ2n) is 5.81. The molecule has 1 amide bonds. The summed E-state index contributed by atoms with van der Waals surface area (Å²) in [5.74, 6) is 0.344. The maximum Gasteiger partial charge on any atom is 0.226 e. The minimum atomic E-state index is 0.107. The van der Waals surface area contributed by atoms with Crippen molar-refractivity contribution in [2.45, 2.75) is 38.3 Å². The summed E-state index contributed by atoms with van der Waals surface area (Å²) in [5, 5.41) is 0. The minimum Gasteiger partial charge on any atom is -0.376 e. The molecule has 1 saturated heterocycles. The minimum absolute atomic E-state index is 0.107. The van der Waals surface area contributed by atoms with E-state index in [2.05, 4.69) is 17.1 Å². The van der Waals surface area contributed by atoms with Crippen molar-refractivity contribution in [2.24, 2.45) is 5.92 Å². The fourth-order valence-corrected chi connectivity index (χ4v) is 3.03. The third-order valence-electron chi connectivity index (χ3n) is 4.20. The number of aromatic nitrogens is 1. The molecule has 0 N–H and O–H groups in total. The van der Waals surface area contributed by atoms with Crippen LogP contribution in [0.3, 0.4) is 0 Å². The number of hydrogen-bond donors (Lipinski definition) is 0. The van der Waals surface area contributed by atoms with Gasteiger partial charge in [-0.15, -0.1) is 0 Å². The first kappa shape index (κ1) is 14.3. The van der Waals surface area contributed by atoms with E-state index in [0.717, 1.165) is 38.0 Å². The molecule has 0 radical (unpaired) electrons. The van der Waals surface area contributed by atoms with Crippen molar-refractivity contribution in [1.29, 1.82) is 0 Å². The number of ether oxygens (including phenoxy) is 1. The molecule has 2 aliphatic rings. The number of allylic oxidation sites excluding steroid dienone is 2. The lowest BCUT2D eigenvalue weighted by atomic mass is 10.0. The van der Waals surface area contributed by atoms with Crippen LogP contribution in [0.1, 0.15) is 31.4 Å². The highest BCUT2D eigenvalue weighted by molar-refractivity contribution is 5.79. The molecule has 4 nitrogen and oxygen atoms in total. The summed E-state index contributed by atoms with van der Waals surface area (Å²) in [5.41, 5.74) is 0.940. The van der Waals surface area contributed by atoms with Crippen LogP contribution >= 0.6 is 0 Å². The number of nitrogens with zero attached hydrogens (tertiary/aromatic N) is 2. The van der Waals surface area contributed by atoms with Gasteiger partial charge >= 0.3 is 0 Å². The lowest BCUT2D eigenvalue weighted by molar-refractivity contribution is -0.137. The SMILES string of the molecule is O=C(C1CC=CC1)N(Cc1ccccn1)CC1CCCO1. The fourth-order valence-electron chi connectivity index (χ4n) is 3.03. The number of pyridine rings is 1. The van der Waals surface area contributed by atoms with Gasteiger partial charge in [-0.05, 0) is 37.8 Å². The third-order valence-corrected chi connectivity index (χ3v) is 4.20. The van der Waals surface area contributed by atoms with Crippen LogP contribution in [0.4, 0.5) is 0 Å². The molecule has 0 spiro atoms. The zero-order valence-electron chi connectivity index (χ0n) is 12.3. The summed E-state index contributed by atoms with van der Waals surface area (Å²) in [6, 6.07) is 5.84. The molecule has 1 atom stereocenters. The van der Waals surface area contributed by atoms with Gasteiger partial charge < -0.3 is 9.64 Å². The van der Waals surface area contributed by atoms with E-state index < -0.39 is 0 Å². The van der Waals surface area contributed by atoms with Gasteiger partial charge in [0.2, 0.25) is 5.91 Å². The quantitative estimate of drug-likeness (QED) is 0.781. The highest BCUT2D eigenvalue weighted by Crippen LogP contribution is 2.23. The maximum absolute atomic E-state index is 12.7. The van der Waals surface area contributed by atoms with Gasteiger partial charge in [-0.1, -0.05) is 18.2 Å². The molecule has 0 saturated carbocycles. The summed E-state index contributed by atoms with van der Waals surface area (Å²) >= 11 is 0. The highest BCUT2D eigenvalue weighted by Gasteiger charge is 2.28. The van der Waals surface area contributed by atoms with Crippen LogP contribution in [0.5, 0.6) is 0 Å². The molecule has 1 aromatic heterocycles. The average molecular weight is 286 g/mol. The molecule has 0 bridgehead atoms. The Hall–Kier alpha value is -1.68. The molecule has 21 heavy (non-hydrogen) atoms. The topological polar surface area (TPSA) is 42.4 Å². The first-order chi connectivity index (χ1) is 10.3. The third kappa shape index (κ3) is 3.70. The van der Waals surface area contributed by atoms with Crippen LogP contribution in [0, 0.1) is 5.92 Å². The van der Waals surface area contributed by atoms with Crippen molar-refractivity contribution < 1.29 is 9.53 Å². The molecule has 3 rings (SSSR count). The summed E-state index contributed by atoms with van der Waals surface area (Å²) in [6.45, 7) is 2.09. The van der Waals surface area contributed by atoms with E-state index in [4.69, 9.17) is 4.74 Å². The van der Waals surface area contributed by atoms with Crippen LogP contribution in [0.25, 0.3) is 0 Å². The molecule has 1 fully saturated rings. The standard InChI is InChI=1S/C17H22N2O2/c20-17(14-6-1-2-7-14)19(13-16-9-5-11-21-16)12-15-8-3-4-10-18-15/h1-4,8,10,14,16H,5-7,9,11-13H2. The lowest BCUT2D eigenvalue weighted by Gasteiger charge is -2.27. The Balaban J connectivity index is 1.68. The Morgan fingerprint density at radius 3 is 2.86 bits per heavy atom. The molecule has 2 heterocycles. The zero-order chi connectivity index (χ0) is 14.5. The van der Waals surface area contributed by atoms with Crippen LogP contribution in [-0.4, -0.2) is 35.0 Å². The monoisotopic (exact) mass is 286 g/mol. The Morgan fingerprint density at radius 1 is 1.33 bits per heavy atom. The van der Waals surface area contributed by atoms with Crippen molar-refractivity contribution >= 4 is 5.91 Å². The number of hydrogen-bond acceptors (Lipinski definition) is 3. The predicted molar refractivity (Wildman–Crippen MR) is 80.5 cm³/mol. The van der Waals surface area contributed by atoms with Crippen LogP contribution in [0.2, 0.25) is 0 Å². The first-order valence-electron chi connectivity index (χ1n) is 7.78. The van der Waals surface area contributed by atoms with E-state index in [-0.39, 0.29) is 17.9 Å². The Kier molecular flexibility index (Phi) is 4.65. The molecular weight excluding hydrogens is 264 g/mol. The van der Waals surface area contributed by atoms with E-state index in [1.165, 1.54) is 0 Å². The lowest BCUT2D eigenvalue weighted by Crippen LogP contribution is -2.40. The second-order valence-corrected chi connectivity index (χ2v) is 5.81. The van der Waals surface area contributed by atoms with E-state index >= 15 is 0 Å². The first-order valence-corrected chi connectivity index (χ1v) is 7.78. The van der Waals surface area contributed by atoms with Gasteiger partial charge in [-0.2, -0.15) is 0 Å². The van der Waals surface area contributed by atoms with Crippen molar-refractivity contribution in [2.75, 3.05) is 13.2 Å². The van der Waals surface area contributed by atoms with Gasteiger partial charge in [0.15, 0.2) is 0 Å². The van der Waals surface area contributed by atoms with Gasteiger partial charge in [-0.3, -0.25) is 9.78 Å². The van der Waals surface area contributed by atoms with E-state index in [0.29, 0.717) is 13.1 Å². The maximum atomic E-state index is 12.7. The molecule has 1 aliphatic carbocycles. The predicted octanol–water partition coefficient (Wildman–Crippen LogP) is 2.56. The number of amides is 1. The highest BCUT2D eigenvalue weighted by atomic mass is 16.5. The zero-order valence-corrected chi connectivity index (χ0v) is 12.3. The number of carbonyl (C=O) groups is 1. The molecular formula is C17H22N2O2. The fraction of sp³-hybridized carbons (Fsp3) is 0.529.